The summed E-state index contributed by atoms with van der Waals surface area (Å²) in [6.45, 7) is 3.92. The molecule has 0 aliphatic heterocycles. The topological polar surface area (TPSA) is 75.3 Å². The maximum atomic E-state index is 12.6. The summed E-state index contributed by atoms with van der Waals surface area (Å²) in [6.07, 6.45) is 5.88. The Balaban J connectivity index is 1.92. The molecule has 1 aliphatic rings. The monoisotopic (exact) mass is 396 g/mol. The highest BCUT2D eigenvalue weighted by Gasteiger charge is 2.23. The van der Waals surface area contributed by atoms with Gasteiger partial charge in [0.05, 0.1) is 10.6 Å². The van der Waals surface area contributed by atoms with E-state index >= 15 is 0 Å². The van der Waals surface area contributed by atoms with E-state index in [1.54, 1.807) is 24.3 Å². The van der Waals surface area contributed by atoms with Gasteiger partial charge >= 0.3 is 0 Å². The lowest BCUT2D eigenvalue weighted by atomic mass is 9.91. The van der Waals surface area contributed by atoms with Crippen molar-refractivity contribution in [1.82, 2.24) is 5.32 Å². The van der Waals surface area contributed by atoms with E-state index < -0.39 is 9.84 Å². The van der Waals surface area contributed by atoms with Crippen LogP contribution in [0.1, 0.15) is 52.4 Å². The second-order valence-electron chi connectivity index (χ2n) is 7.41. The quantitative estimate of drug-likeness (QED) is 0.713. The first-order chi connectivity index (χ1) is 12.3. The summed E-state index contributed by atoms with van der Waals surface area (Å²) in [6, 6.07) is 6.54. The smallest absolute Gasteiger partial charge is 0.226 e. The van der Waals surface area contributed by atoms with E-state index in [1.807, 2.05) is 13.8 Å². The van der Waals surface area contributed by atoms with Gasteiger partial charge in [-0.05, 0) is 61.2 Å². The summed E-state index contributed by atoms with van der Waals surface area (Å²) in [5, 5.41) is 5.75. The van der Waals surface area contributed by atoms with Crippen molar-refractivity contribution in [3.8, 4) is 0 Å². The van der Waals surface area contributed by atoms with E-state index in [-0.39, 0.29) is 28.6 Å². The van der Waals surface area contributed by atoms with E-state index in [0.29, 0.717) is 17.0 Å². The normalized spacial score (nSPS) is 15.7. The number of carbonyl (C=O) groups is 1. The van der Waals surface area contributed by atoms with Gasteiger partial charge in [0.1, 0.15) is 0 Å². The molecule has 0 atom stereocenters. The Bertz CT molecular complexity index is 722. The summed E-state index contributed by atoms with van der Waals surface area (Å²) >= 11 is 5.12. The fraction of sp³-hybridized carbons (Fsp3) is 0.579. The highest BCUT2D eigenvalue weighted by Crippen LogP contribution is 2.27. The lowest BCUT2D eigenvalue weighted by Crippen LogP contribution is -2.34. The molecule has 0 radical (unpaired) electrons. The Morgan fingerprint density at radius 3 is 2.35 bits per heavy atom. The zero-order valence-electron chi connectivity index (χ0n) is 15.5. The first-order valence-corrected chi connectivity index (χ1v) is 11.3. The molecular formula is C19H28N2O3S2. The predicted molar refractivity (Wildman–Crippen MR) is 109 cm³/mol. The van der Waals surface area contributed by atoms with Crippen LogP contribution in [0.15, 0.2) is 29.2 Å². The lowest BCUT2D eigenvalue weighted by Gasteiger charge is -2.21. The van der Waals surface area contributed by atoms with Crippen molar-refractivity contribution in [3.05, 3.63) is 24.3 Å². The van der Waals surface area contributed by atoms with Crippen LogP contribution in [0.25, 0.3) is 0 Å². The second-order valence-corrected chi connectivity index (χ2v) is 9.85. The van der Waals surface area contributed by atoms with Crippen LogP contribution in [0.5, 0.6) is 0 Å². The number of sulfone groups is 1. The molecule has 0 unspecified atom stereocenters. The third-order valence-corrected chi connectivity index (χ3v) is 6.60. The van der Waals surface area contributed by atoms with Gasteiger partial charge < -0.3 is 10.6 Å². The van der Waals surface area contributed by atoms with Crippen LogP contribution in [0.3, 0.4) is 0 Å². The van der Waals surface area contributed by atoms with Crippen molar-refractivity contribution < 1.29 is 13.2 Å². The first kappa shape index (κ1) is 20.8. The molecule has 1 aromatic carbocycles. The Morgan fingerprint density at radius 1 is 1.15 bits per heavy atom. The van der Waals surface area contributed by atoms with Crippen molar-refractivity contribution in [2.75, 3.05) is 11.1 Å². The Morgan fingerprint density at radius 2 is 1.77 bits per heavy atom. The molecule has 0 aromatic heterocycles. The van der Waals surface area contributed by atoms with Crippen LogP contribution < -0.4 is 10.6 Å². The fourth-order valence-electron chi connectivity index (χ4n) is 3.22. The Labute approximate surface area is 161 Å². The molecule has 0 bridgehead atoms. The van der Waals surface area contributed by atoms with Gasteiger partial charge in [0.15, 0.2) is 14.9 Å². The second kappa shape index (κ2) is 9.46. The molecule has 26 heavy (non-hydrogen) atoms. The number of nitrogens with one attached hydrogen (secondary N) is 2. The van der Waals surface area contributed by atoms with Crippen LogP contribution in [-0.4, -0.2) is 25.2 Å². The maximum Gasteiger partial charge on any atom is 0.226 e. The van der Waals surface area contributed by atoms with Crippen LogP contribution in [0, 0.1) is 11.8 Å². The molecule has 1 saturated carbocycles. The average Bonchev–Trinajstić information content (AvgIpc) is 2.54. The largest absolute Gasteiger partial charge is 0.332 e. The molecular weight excluding hydrogens is 368 g/mol. The number of thiocarbonyl (C=S) groups is 1. The van der Waals surface area contributed by atoms with Crippen LogP contribution in [0.4, 0.5) is 5.69 Å². The number of rotatable bonds is 6. The number of benzene rings is 1. The molecule has 1 amide bonds. The minimum absolute atomic E-state index is 0.135. The van der Waals surface area contributed by atoms with E-state index in [2.05, 4.69) is 10.6 Å². The van der Waals surface area contributed by atoms with Crippen LogP contribution in [0.2, 0.25) is 0 Å². The van der Waals surface area contributed by atoms with E-state index in [9.17, 15) is 13.2 Å². The predicted octanol–water partition coefficient (Wildman–Crippen LogP) is 3.90. The van der Waals surface area contributed by atoms with E-state index in [1.165, 1.54) is 6.42 Å². The number of amides is 1. The lowest BCUT2D eigenvalue weighted by molar-refractivity contribution is -0.120. The van der Waals surface area contributed by atoms with Gasteiger partial charge in [-0.1, -0.05) is 33.1 Å². The maximum absolute atomic E-state index is 12.6. The Hall–Kier alpha value is -1.47. The number of hydrogen-bond acceptors (Lipinski definition) is 4. The van der Waals surface area contributed by atoms with Crippen molar-refractivity contribution in [1.29, 1.82) is 0 Å². The fourth-order valence-corrected chi connectivity index (χ4v) is 5.15. The third kappa shape index (κ3) is 6.68. The van der Waals surface area contributed by atoms with Crippen LogP contribution in [-0.2, 0) is 14.6 Å². The van der Waals surface area contributed by atoms with E-state index in [0.717, 1.165) is 25.7 Å². The highest BCUT2D eigenvalue weighted by atomic mass is 32.2. The number of carbonyl (C=O) groups excluding carboxylic acids is 1. The molecule has 144 valence electrons. The van der Waals surface area contributed by atoms with Crippen molar-refractivity contribution in [3.63, 3.8) is 0 Å². The number of hydrogen-bond donors (Lipinski definition) is 2. The average molecular weight is 397 g/mol. The standard InChI is InChI=1S/C19H28N2O3S2/c1-14(2)12-18(22)21-19(25)20-16-8-10-17(11-9-16)26(23,24)13-15-6-4-3-5-7-15/h8-11,14-15H,3-7,12-13H2,1-2H3,(H2,20,21,22,25). The zero-order chi connectivity index (χ0) is 19.2. The molecule has 1 aliphatic carbocycles. The molecule has 2 rings (SSSR count). The highest BCUT2D eigenvalue weighted by molar-refractivity contribution is 7.91. The molecule has 5 nitrogen and oxygen atoms in total. The van der Waals surface area contributed by atoms with Crippen LogP contribution >= 0.6 is 12.2 Å². The van der Waals surface area contributed by atoms with Gasteiger partial charge in [0, 0.05) is 12.1 Å². The van der Waals surface area contributed by atoms with Gasteiger partial charge in [0.2, 0.25) is 5.91 Å². The van der Waals surface area contributed by atoms with Crippen molar-refractivity contribution in [2.24, 2.45) is 11.8 Å². The summed E-state index contributed by atoms with van der Waals surface area (Å²) in [7, 11) is -3.27. The molecule has 0 spiro atoms. The summed E-state index contributed by atoms with van der Waals surface area (Å²) in [5.74, 6) is 0.620. The zero-order valence-corrected chi connectivity index (χ0v) is 17.1. The number of anilines is 1. The third-order valence-electron chi connectivity index (χ3n) is 4.50. The molecule has 2 N–H and O–H groups in total. The van der Waals surface area contributed by atoms with Crippen molar-refractivity contribution >= 4 is 38.8 Å². The van der Waals surface area contributed by atoms with Gasteiger partial charge in [-0.15, -0.1) is 0 Å². The van der Waals surface area contributed by atoms with Gasteiger partial charge in [0.25, 0.3) is 0 Å². The molecule has 1 fully saturated rings. The van der Waals surface area contributed by atoms with Gasteiger partial charge in [-0.25, -0.2) is 8.42 Å². The Kier molecular flexibility index (Phi) is 7.58. The summed E-state index contributed by atoms with van der Waals surface area (Å²) in [5.41, 5.74) is 0.650. The molecule has 0 heterocycles. The minimum atomic E-state index is -3.27. The van der Waals surface area contributed by atoms with Gasteiger partial charge in [-0.2, -0.15) is 0 Å². The van der Waals surface area contributed by atoms with Gasteiger partial charge in [-0.3, -0.25) is 4.79 Å². The first-order valence-electron chi connectivity index (χ1n) is 9.20. The minimum Gasteiger partial charge on any atom is -0.332 e. The summed E-state index contributed by atoms with van der Waals surface area (Å²) < 4.78 is 25.2. The molecule has 1 aromatic rings. The molecule has 7 heteroatoms. The SMILES string of the molecule is CC(C)CC(=O)NC(=S)Nc1ccc(S(=O)(=O)CC2CCCCC2)cc1. The summed E-state index contributed by atoms with van der Waals surface area (Å²) in [4.78, 5) is 12.0. The molecule has 0 saturated heterocycles. The van der Waals surface area contributed by atoms with E-state index in [4.69, 9.17) is 12.2 Å². The van der Waals surface area contributed by atoms with Crippen molar-refractivity contribution in [2.45, 2.75) is 57.3 Å².